The van der Waals surface area contributed by atoms with Crippen molar-refractivity contribution in [1.29, 1.82) is 5.41 Å². The molecule has 1 saturated heterocycles. The largest absolute Gasteiger partial charge is 0.480 e. The molecule has 0 aliphatic carbocycles. The fourth-order valence-electron chi connectivity index (χ4n) is 1.79. The van der Waals surface area contributed by atoms with E-state index in [0.717, 1.165) is 0 Å². The van der Waals surface area contributed by atoms with Crippen LogP contribution in [0.3, 0.4) is 0 Å². The number of aliphatic hydroxyl groups excluding tert-OH is 1. The summed E-state index contributed by atoms with van der Waals surface area (Å²) < 4.78 is 10.2. The molecule has 20 heavy (non-hydrogen) atoms. The van der Waals surface area contributed by atoms with Crippen LogP contribution in [-0.2, 0) is 14.3 Å². The van der Waals surface area contributed by atoms with Gasteiger partial charge in [-0.05, 0) is 20.8 Å². The summed E-state index contributed by atoms with van der Waals surface area (Å²) in [5.41, 5.74) is -0.137. The molecule has 0 unspecified atom stereocenters. The molecule has 0 aromatic heterocycles. The summed E-state index contributed by atoms with van der Waals surface area (Å²) in [4.78, 5) is 13.8. The second kappa shape index (κ2) is 7.74. The third kappa shape index (κ3) is 4.41. The van der Waals surface area contributed by atoms with Crippen molar-refractivity contribution in [3.8, 4) is 0 Å². The van der Waals surface area contributed by atoms with Crippen molar-refractivity contribution in [2.75, 3.05) is 32.9 Å². The number of hydrogen-bond donors (Lipinski definition) is 3. The number of carbonyl (C=O) groups is 1. The summed E-state index contributed by atoms with van der Waals surface area (Å²) in [6.45, 7) is 7.56. The van der Waals surface area contributed by atoms with E-state index in [0.29, 0.717) is 26.3 Å². The Kier molecular flexibility index (Phi) is 6.30. The molecule has 1 heterocycles. The molecule has 1 aliphatic heterocycles. The maximum atomic E-state index is 12.1. The molecule has 0 atom stereocenters. The lowest BCUT2D eigenvalue weighted by Gasteiger charge is -2.29. The molecule has 1 rings (SSSR count). The van der Waals surface area contributed by atoms with E-state index in [-0.39, 0.29) is 24.1 Å². The third-order valence-electron chi connectivity index (χ3n) is 2.71. The van der Waals surface area contributed by atoms with E-state index < -0.39 is 11.9 Å². The highest BCUT2D eigenvalue weighted by atomic mass is 16.6. The fraction of sp³-hybridized carbons (Fsp3) is 0.692. The van der Waals surface area contributed by atoms with Crippen molar-refractivity contribution in [2.45, 2.75) is 26.8 Å². The predicted octanol–water partition coefficient (Wildman–Crippen LogP) is 0.627. The van der Waals surface area contributed by atoms with Gasteiger partial charge in [0.05, 0.1) is 19.8 Å². The number of nitrogens with zero attached hydrogens (tertiary/aromatic N) is 1. The zero-order chi connectivity index (χ0) is 15.1. The first-order chi connectivity index (χ1) is 9.47. The number of nitrogens with one attached hydrogen (secondary N) is 2. The second-order valence-corrected chi connectivity index (χ2v) is 4.69. The summed E-state index contributed by atoms with van der Waals surface area (Å²) in [6.07, 6.45) is 0. The molecule has 1 fully saturated rings. The van der Waals surface area contributed by atoms with Crippen LogP contribution in [0, 0.1) is 5.41 Å². The van der Waals surface area contributed by atoms with Crippen LogP contribution < -0.4 is 5.32 Å². The van der Waals surface area contributed by atoms with Crippen molar-refractivity contribution < 1.29 is 19.4 Å². The quantitative estimate of drug-likeness (QED) is 0.298. The smallest absolute Gasteiger partial charge is 0.293 e. The van der Waals surface area contributed by atoms with Crippen molar-refractivity contribution in [1.82, 2.24) is 10.2 Å². The minimum absolute atomic E-state index is 0.0441. The van der Waals surface area contributed by atoms with Gasteiger partial charge in [-0.1, -0.05) is 0 Å². The molecule has 0 saturated carbocycles. The molecule has 0 bridgehead atoms. The van der Waals surface area contributed by atoms with Gasteiger partial charge in [0.15, 0.2) is 5.57 Å². The van der Waals surface area contributed by atoms with Gasteiger partial charge in [0.1, 0.15) is 5.84 Å². The first-order valence-electron chi connectivity index (χ1n) is 6.75. The van der Waals surface area contributed by atoms with Gasteiger partial charge in [-0.25, -0.2) is 0 Å². The molecule has 1 amide bonds. The molecule has 7 heteroatoms. The molecular weight excluding hydrogens is 262 g/mol. The average Bonchev–Trinajstić information content (AvgIpc) is 2.39. The molecule has 0 aromatic carbocycles. The minimum Gasteiger partial charge on any atom is -0.480 e. The first kappa shape index (κ1) is 16.3. The van der Waals surface area contributed by atoms with Gasteiger partial charge in [-0.3, -0.25) is 10.2 Å². The van der Waals surface area contributed by atoms with Crippen LogP contribution in [0.1, 0.15) is 20.8 Å². The lowest BCUT2D eigenvalue weighted by Crippen LogP contribution is -2.45. The van der Waals surface area contributed by atoms with E-state index in [1.54, 1.807) is 11.8 Å². The van der Waals surface area contributed by atoms with Gasteiger partial charge in [-0.2, -0.15) is 0 Å². The highest BCUT2D eigenvalue weighted by molar-refractivity contribution is 6.19. The summed E-state index contributed by atoms with van der Waals surface area (Å²) in [7, 11) is 0. The highest BCUT2D eigenvalue weighted by Crippen LogP contribution is 2.11. The second-order valence-electron chi connectivity index (χ2n) is 4.69. The van der Waals surface area contributed by atoms with E-state index >= 15 is 0 Å². The van der Waals surface area contributed by atoms with Crippen LogP contribution in [-0.4, -0.2) is 60.7 Å². The van der Waals surface area contributed by atoms with E-state index in [9.17, 15) is 9.90 Å². The van der Waals surface area contributed by atoms with Gasteiger partial charge < -0.3 is 24.8 Å². The predicted molar refractivity (Wildman–Crippen MR) is 74.7 cm³/mol. The summed E-state index contributed by atoms with van der Waals surface area (Å²) in [6, 6.07) is -0.0931. The molecule has 0 aromatic rings. The van der Waals surface area contributed by atoms with E-state index in [2.05, 4.69) is 5.32 Å². The number of amidine groups is 1. The maximum absolute atomic E-state index is 12.1. The maximum Gasteiger partial charge on any atom is 0.293 e. The average molecular weight is 285 g/mol. The SMILES string of the molecule is CCO/C(O)=C(/C(=N)N1CCOCC1)C(=O)NC(C)C. The molecule has 3 N–H and O–H groups in total. The molecular formula is C13H23N3O4. The van der Waals surface area contributed by atoms with Gasteiger partial charge in [0.25, 0.3) is 11.9 Å². The van der Waals surface area contributed by atoms with Crippen LogP contribution in [0.25, 0.3) is 0 Å². The van der Waals surface area contributed by atoms with Crippen molar-refractivity contribution in [3.63, 3.8) is 0 Å². The molecule has 0 radical (unpaired) electrons. The van der Waals surface area contributed by atoms with Gasteiger partial charge in [0, 0.05) is 19.1 Å². The summed E-state index contributed by atoms with van der Waals surface area (Å²) in [5.74, 6) is -1.07. The van der Waals surface area contributed by atoms with Crippen LogP contribution in [0.5, 0.6) is 0 Å². The molecule has 0 spiro atoms. The topological polar surface area (TPSA) is 94.9 Å². The minimum atomic E-state index is -0.512. The van der Waals surface area contributed by atoms with Crippen molar-refractivity contribution in [2.24, 2.45) is 0 Å². The van der Waals surface area contributed by atoms with Gasteiger partial charge in [-0.15, -0.1) is 0 Å². The van der Waals surface area contributed by atoms with Crippen molar-refractivity contribution in [3.05, 3.63) is 11.5 Å². The Hall–Kier alpha value is -1.76. The van der Waals surface area contributed by atoms with Crippen LogP contribution in [0.15, 0.2) is 11.5 Å². The standard InChI is InChI=1S/C13H23N3O4/c1-4-20-13(18)10(12(17)15-9(2)3)11(14)16-5-7-19-8-6-16/h9,14,18H,4-8H2,1-3H3,(H,15,17)/b13-10-,14-11?. The normalized spacial score (nSPS) is 16.7. The Bertz CT molecular complexity index is 387. The Morgan fingerprint density at radius 1 is 1.45 bits per heavy atom. The van der Waals surface area contributed by atoms with Crippen molar-refractivity contribution >= 4 is 11.7 Å². The van der Waals surface area contributed by atoms with E-state index in [1.807, 2.05) is 13.8 Å². The number of rotatable bonds is 5. The number of hydrogen-bond acceptors (Lipinski definition) is 5. The van der Waals surface area contributed by atoms with Gasteiger partial charge >= 0.3 is 0 Å². The monoisotopic (exact) mass is 285 g/mol. The first-order valence-corrected chi connectivity index (χ1v) is 6.75. The van der Waals surface area contributed by atoms with E-state index in [1.165, 1.54) is 0 Å². The molecule has 7 nitrogen and oxygen atoms in total. The number of amides is 1. The number of aliphatic hydroxyl groups is 1. The lowest BCUT2D eigenvalue weighted by molar-refractivity contribution is -0.118. The Morgan fingerprint density at radius 2 is 2.05 bits per heavy atom. The third-order valence-corrected chi connectivity index (χ3v) is 2.71. The molecule has 114 valence electrons. The fourth-order valence-corrected chi connectivity index (χ4v) is 1.79. The molecule has 1 aliphatic rings. The summed E-state index contributed by atoms with van der Waals surface area (Å²) in [5, 5.41) is 20.7. The number of carbonyl (C=O) groups excluding carboxylic acids is 1. The zero-order valence-electron chi connectivity index (χ0n) is 12.2. The Balaban J connectivity index is 2.94. The van der Waals surface area contributed by atoms with Crippen LogP contribution in [0.2, 0.25) is 0 Å². The highest BCUT2D eigenvalue weighted by Gasteiger charge is 2.27. The van der Waals surface area contributed by atoms with E-state index in [4.69, 9.17) is 14.9 Å². The van der Waals surface area contributed by atoms with Gasteiger partial charge in [0.2, 0.25) is 0 Å². The number of morpholine rings is 1. The van der Waals surface area contributed by atoms with Crippen LogP contribution in [0.4, 0.5) is 0 Å². The Morgan fingerprint density at radius 3 is 2.55 bits per heavy atom. The zero-order valence-corrected chi connectivity index (χ0v) is 12.2. The summed E-state index contributed by atoms with van der Waals surface area (Å²) >= 11 is 0. The lowest BCUT2D eigenvalue weighted by atomic mass is 10.2. The Labute approximate surface area is 119 Å². The number of ether oxygens (including phenoxy) is 2. The van der Waals surface area contributed by atoms with Crippen LogP contribution >= 0.6 is 0 Å².